The van der Waals surface area contributed by atoms with Crippen molar-refractivity contribution in [2.75, 3.05) is 38.7 Å². The molecule has 1 unspecified atom stereocenters. The SMILES string of the molecule is CN=C(Nc1n[nH]c(C(C)c2cccc(C(=O)c3ccccc3)c2)n1)N1CCOCC1. The van der Waals surface area contributed by atoms with Gasteiger partial charge in [-0.3, -0.25) is 20.2 Å². The molecule has 2 heterocycles. The molecular formula is C23H26N6O2. The number of H-pyrrole nitrogens is 1. The van der Waals surface area contributed by atoms with E-state index in [4.69, 9.17) is 4.74 Å². The van der Waals surface area contributed by atoms with Crippen molar-refractivity contribution in [1.82, 2.24) is 20.1 Å². The maximum Gasteiger partial charge on any atom is 0.248 e. The fourth-order valence-electron chi connectivity index (χ4n) is 3.54. The zero-order valence-electron chi connectivity index (χ0n) is 17.7. The second-order valence-corrected chi connectivity index (χ2v) is 7.36. The predicted molar refractivity (Wildman–Crippen MR) is 120 cm³/mol. The van der Waals surface area contributed by atoms with E-state index < -0.39 is 0 Å². The summed E-state index contributed by atoms with van der Waals surface area (Å²) in [7, 11) is 1.74. The van der Waals surface area contributed by atoms with E-state index in [9.17, 15) is 4.79 Å². The van der Waals surface area contributed by atoms with E-state index in [0.29, 0.717) is 36.1 Å². The Labute approximate surface area is 181 Å². The van der Waals surface area contributed by atoms with Crippen molar-refractivity contribution in [3.8, 4) is 0 Å². The maximum atomic E-state index is 12.8. The topological polar surface area (TPSA) is 95.5 Å². The first-order chi connectivity index (χ1) is 15.2. The number of hydrogen-bond donors (Lipinski definition) is 2. The van der Waals surface area contributed by atoms with E-state index >= 15 is 0 Å². The van der Waals surface area contributed by atoms with Crippen LogP contribution in [0.5, 0.6) is 0 Å². The second kappa shape index (κ2) is 9.53. The van der Waals surface area contributed by atoms with Crippen molar-refractivity contribution in [3.63, 3.8) is 0 Å². The molecule has 0 spiro atoms. The van der Waals surface area contributed by atoms with Crippen molar-refractivity contribution < 1.29 is 9.53 Å². The molecule has 1 aliphatic heterocycles. The molecule has 0 bridgehead atoms. The fraction of sp³-hybridized carbons (Fsp3) is 0.304. The van der Waals surface area contributed by atoms with Gasteiger partial charge in [0.2, 0.25) is 11.9 Å². The van der Waals surface area contributed by atoms with Crippen LogP contribution in [-0.4, -0.2) is 65.2 Å². The Kier molecular flexibility index (Phi) is 6.37. The highest BCUT2D eigenvalue weighted by Gasteiger charge is 2.19. The number of ether oxygens (including phenoxy) is 1. The number of aromatic amines is 1. The highest BCUT2D eigenvalue weighted by Crippen LogP contribution is 2.23. The molecule has 2 N–H and O–H groups in total. The van der Waals surface area contributed by atoms with Crippen LogP contribution in [0.2, 0.25) is 0 Å². The van der Waals surface area contributed by atoms with Gasteiger partial charge in [0.15, 0.2) is 5.78 Å². The van der Waals surface area contributed by atoms with Gasteiger partial charge in [0.05, 0.1) is 13.2 Å². The average Bonchev–Trinajstić information content (AvgIpc) is 3.31. The monoisotopic (exact) mass is 418 g/mol. The summed E-state index contributed by atoms with van der Waals surface area (Å²) in [5, 5.41) is 10.5. The zero-order chi connectivity index (χ0) is 21.6. The van der Waals surface area contributed by atoms with Crippen molar-refractivity contribution in [3.05, 3.63) is 77.1 Å². The van der Waals surface area contributed by atoms with Gasteiger partial charge >= 0.3 is 0 Å². The highest BCUT2D eigenvalue weighted by atomic mass is 16.5. The largest absolute Gasteiger partial charge is 0.378 e. The quantitative estimate of drug-likeness (QED) is 0.376. The summed E-state index contributed by atoms with van der Waals surface area (Å²) in [6.07, 6.45) is 0. The number of hydrogen-bond acceptors (Lipinski definition) is 5. The minimum absolute atomic E-state index is 0.00360. The van der Waals surface area contributed by atoms with Crippen LogP contribution < -0.4 is 5.32 Å². The predicted octanol–water partition coefficient (Wildman–Crippen LogP) is 2.92. The molecule has 1 fully saturated rings. The number of rotatable bonds is 5. The van der Waals surface area contributed by atoms with Crippen LogP contribution in [-0.2, 0) is 4.74 Å². The Hall–Kier alpha value is -3.52. The summed E-state index contributed by atoms with van der Waals surface area (Å²) in [5.41, 5.74) is 2.32. The third-order valence-electron chi connectivity index (χ3n) is 5.34. The van der Waals surface area contributed by atoms with E-state index in [2.05, 4.69) is 30.4 Å². The molecule has 3 aromatic rings. The van der Waals surface area contributed by atoms with Gasteiger partial charge in [-0.05, 0) is 11.6 Å². The molecule has 0 saturated carbocycles. The number of aliphatic imine (C=N–C) groups is 1. The summed E-state index contributed by atoms with van der Waals surface area (Å²) in [4.78, 5) is 23.8. The first-order valence-corrected chi connectivity index (χ1v) is 10.3. The van der Waals surface area contributed by atoms with Gasteiger partial charge in [-0.15, -0.1) is 5.10 Å². The van der Waals surface area contributed by atoms with Crippen LogP contribution >= 0.6 is 0 Å². The first kappa shape index (κ1) is 20.7. The molecule has 31 heavy (non-hydrogen) atoms. The lowest BCUT2D eigenvalue weighted by atomic mass is 9.95. The van der Waals surface area contributed by atoms with Crippen LogP contribution in [0.3, 0.4) is 0 Å². The fourth-order valence-corrected chi connectivity index (χ4v) is 3.54. The highest BCUT2D eigenvalue weighted by molar-refractivity contribution is 6.09. The van der Waals surface area contributed by atoms with Gasteiger partial charge in [-0.25, -0.2) is 0 Å². The lowest BCUT2D eigenvalue weighted by Crippen LogP contribution is -2.44. The molecule has 2 aromatic carbocycles. The summed E-state index contributed by atoms with van der Waals surface area (Å²) in [6, 6.07) is 16.9. The van der Waals surface area contributed by atoms with Crippen molar-refractivity contribution in [1.29, 1.82) is 0 Å². The molecule has 0 amide bonds. The van der Waals surface area contributed by atoms with Gasteiger partial charge in [0.25, 0.3) is 0 Å². The molecule has 0 radical (unpaired) electrons. The van der Waals surface area contributed by atoms with Gasteiger partial charge < -0.3 is 9.64 Å². The standard InChI is InChI=1S/C23H26N6O2/c1-16(18-9-6-10-19(15-18)20(30)17-7-4-3-5-8-17)21-25-22(28-27-21)26-23(24-2)29-11-13-31-14-12-29/h3-10,15-16H,11-14H2,1-2H3,(H2,24,25,26,27,28). The molecule has 1 saturated heterocycles. The number of carbonyl (C=O) groups excluding carboxylic acids is 1. The number of ketones is 1. The number of aromatic nitrogens is 3. The number of nitrogens with zero attached hydrogens (tertiary/aromatic N) is 4. The van der Waals surface area contributed by atoms with Gasteiger partial charge in [0, 0.05) is 37.2 Å². The van der Waals surface area contributed by atoms with Crippen molar-refractivity contribution in [2.24, 2.45) is 4.99 Å². The lowest BCUT2D eigenvalue weighted by Gasteiger charge is -2.29. The van der Waals surface area contributed by atoms with Crippen LogP contribution in [0.1, 0.15) is 40.2 Å². The number of carbonyl (C=O) groups is 1. The molecular weight excluding hydrogens is 392 g/mol. The van der Waals surface area contributed by atoms with Crippen LogP contribution in [0.4, 0.5) is 5.95 Å². The molecule has 8 nitrogen and oxygen atoms in total. The van der Waals surface area contributed by atoms with Crippen LogP contribution in [0.25, 0.3) is 0 Å². The van der Waals surface area contributed by atoms with Crippen LogP contribution in [0.15, 0.2) is 59.6 Å². The number of nitrogens with one attached hydrogen (secondary N) is 2. The number of morpholine rings is 1. The molecule has 160 valence electrons. The Morgan fingerprint density at radius 1 is 1.13 bits per heavy atom. The number of guanidine groups is 1. The van der Waals surface area contributed by atoms with E-state index in [1.165, 1.54) is 0 Å². The van der Waals surface area contributed by atoms with E-state index in [0.717, 1.165) is 24.6 Å². The minimum atomic E-state index is -0.0584. The summed E-state index contributed by atoms with van der Waals surface area (Å²) < 4.78 is 5.40. The maximum absolute atomic E-state index is 12.8. The Morgan fingerprint density at radius 2 is 1.87 bits per heavy atom. The Morgan fingerprint density at radius 3 is 2.61 bits per heavy atom. The molecule has 1 aromatic heterocycles. The van der Waals surface area contributed by atoms with Crippen molar-refractivity contribution >= 4 is 17.7 Å². The smallest absolute Gasteiger partial charge is 0.248 e. The first-order valence-electron chi connectivity index (χ1n) is 10.3. The third kappa shape index (κ3) is 4.80. The van der Waals surface area contributed by atoms with Gasteiger partial charge in [-0.1, -0.05) is 55.5 Å². The molecule has 8 heteroatoms. The van der Waals surface area contributed by atoms with Crippen molar-refractivity contribution in [2.45, 2.75) is 12.8 Å². The summed E-state index contributed by atoms with van der Waals surface area (Å²) in [5.74, 6) is 1.84. The summed E-state index contributed by atoms with van der Waals surface area (Å²) >= 11 is 0. The zero-order valence-corrected chi connectivity index (χ0v) is 17.7. The van der Waals surface area contributed by atoms with Gasteiger partial charge in [-0.2, -0.15) is 4.98 Å². The molecule has 0 aliphatic carbocycles. The normalized spacial score (nSPS) is 15.5. The summed E-state index contributed by atoms with van der Waals surface area (Å²) in [6.45, 7) is 4.93. The minimum Gasteiger partial charge on any atom is -0.378 e. The third-order valence-corrected chi connectivity index (χ3v) is 5.34. The Balaban J connectivity index is 1.48. The van der Waals surface area contributed by atoms with E-state index in [1.807, 2.05) is 61.5 Å². The van der Waals surface area contributed by atoms with Crippen LogP contribution in [0, 0.1) is 0 Å². The second-order valence-electron chi connectivity index (χ2n) is 7.36. The molecule has 1 atom stereocenters. The van der Waals surface area contributed by atoms with Gasteiger partial charge in [0.1, 0.15) is 5.82 Å². The lowest BCUT2D eigenvalue weighted by molar-refractivity contribution is 0.0679. The number of anilines is 1. The molecule has 1 aliphatic rings. The Bertz CT molecular complexity index is 1060. The number of benzene rings is 2. The van der Waals surface area contributed by atoms with E-state index in [-0.39, 0.29) is 11.7 Å². The molecule has 4 rings (SSSR count). The van der Waals surface area contributed by atoms with E-state index in [1.54, 1.807) is 7.05 Å². The average molecular weight is 419 g/mol.